The summed E-state index contributed by atoms with van der Waals surface area (Å²) in [5.74, 6) is 0.234. The lowest BCUT2D eigenvalue weighted by atomic mass is 9.74. The van der Waals surface area contributed by atoms with Crippen LogP contribution in [-0.2, 0) is 14.3 Å². The average Bonchev–Trinajstić information content (AvgIpc) is 3.04. The molecule has 118 valence electrons. The van der Waals surface area contributed by atoms with Crippen molar-refractivity contribution in [1.29, 1.82) is 0 Å². The molecule has 5 unspecified atom stereocenters. The summed E-state index contributed by atoms with van der Waals surface area (Å²) in [6.45, 7) is 10.7. The highest BCUT2D eigenvalue weighted by Crippen LogP contribution is 2.56. The maximum absolute atomic E-state index is 12.0. The average molecular weight is 292 g/mol. The summed E-state index contributed by atoms with van der Waals surface area (Å²) in [6.07, 6.45) is 4.93. The van der Waals surface area contributed by atoms with Gasteiger partial charge in [-0.1, -0.05) is 27.7 Å². The highest BCUT2D eigenvalue weighted by molar-refractivity contribution is 5.78. The molecule has 0 amide bonds. The molecule has 4 aliphatic rings. The first-order chi connectivity index (χ1) is 9.98. The zero-order chi connectivity index (χ0) is 15.4. The number of cyclic esters (lactones) is 1. The lowest BCUT2D eigenvalue weighted by Crippen LogP contribution is -2.32. The smallest absolute Gasteiger partial charge is 0.312 e. The highest BCUT2D eigenvalue weighted by Gasteiger charge is 2.62. The van der Waals surface area contributed by atoms with E-state index in [1.165, 1.54) is 24.0 Å². The molecule has 3 heterocycles. The largest absolute Gasteiger partial charge is 0.462 e. The van der Waals surface area contributed by atoms with Gasteiger partial charge in [-0.15, -0.1) is 0 Å². The number of rotatable bonds is 0. The molecule has 4 rings (SSSR count). The van der Waals surface area contributed by atoms with Gasteiger partial charge < -0.3 is 9.47 Å². The monoisotopic (exact) mass is 292 g/mol. The molecule has 0 aromatic heterocycles. The fourth-order valence-electron chi connectivity index (χ4n) is 4.54. The van der Waals surface area contributed by atoms with Crippen molar-refractivity contribution in [1.82, 2.24) is 0 Å². The fourth-order valence-corrected chi connectivity index (χ4v) is 4.54. The third-order valence-corrected chi connectivity index (χ3v) is 5.74. The zero-order valence-corrected chi connectivity index (χ0v) is 13.9. The van der Waals surface area contributed by atoms with Gasteiger partial charge >= 0.3 is 5.97 Å². The van der Waals surface area contributed by atoms with Crippen LogP contribution < -0.4 is 0 Å². The van der Waals surface area contributed by atoms with E-state index < -0.39 is 0 Å². The molecule has 0 spiro atoms. The van der Waals surface area contributed by atoms with E-state index in [9.17, 15) is 4.79 Å². The Kier molecular flexibility index (Phi) is 3.67. The molecule has 1 aliphatic carbocycles. The molecule has 3 nitrogen and oxygen atoms in total. The lowest BCUT2D eigenvalue weighted by molar-refractivity contribution is -0.146. The Labute approximate surface area is 128 Å². The number of hydrogen-bond donors (Lipinski definition) is 0. The molecule has 5 atom stereocenters. The highest BCUT2D eigenvalue weighted by atomic mass is 16.6. The van der Waals surface area contributed by atoms with Crippen molar-refractivity contribution in [3.63, 3.8) is 0 Å². The van der Waals surface area contributed by atoms with Crippen molar-refractivity contribution >= 4 is 5.97 Å². The Hall–Kier alpha value is -0.830. The Morgan fingerprint density at radius 2 is 1.62 bits per heavy atom. The molecule has 0 radical (unpaired) electrons. The minimum atomic E-state index is -0.0277. The Morgan fingerprint density at radius 3 is 2.24 bits per heavy atom. The lowest BCUT2D eigenvalue weighted by Gasteiger charge is -2.24. The van der Waals surface area contributed by atoms with Gasteiger partial charge in [0.25, 0.3) is 0 Å². The standard InChI is InChI=1S/C16H22O3.C2H6/c1-8-11-12(15(17)18-8)14-10-5-7-16(2,3)6-4-9(10)13(11)19-14;1-2/h8,11-14H,4-7H2,1-3H3;1-2H3. The van der Waals surface area contributed by atoms with Crippen LogP contribution in [-0.4, -0.2) is 24.3 Å². The molecule has 0 aromatic rings. The number of hydrogen-bond acceptors (Lipinski definition) is 3. The number of fused-ring (bicyclic) bond motifs is 7. The van der Waals surface area contributed by atoms with Crippen LogP contribution in [0.5, 0.6) is 0 Å². The van der Waals surface area contributed by atoms with Crippen LogP contribution in [0.1, 0.15) is 60.3 Å². The molecular weight excluding hydrogens is 264 g/mol. The van der Waals surface area contributed by atoms with Crippen molar-refractivity contribution in [2.75, 3.05) is 0 Å². The Bertz CT molecular complexity index is 477. The summed E-state index contributed by atoms with van der Waals surface area (Å²) in [6, 6.07) is 0. The second-order valence-electron chi connectivity index (χ2n) is 7.44. The molecule has 3 aliphatic heterocycles. The predicted octanol–water partition coefficient (Wildman–Crippen LogP) is 3.87. The van der Waals surface area contributed by atoms with Crippen LogP contribution in [0, 0.1) is 17.3 Å². The first-order valence-corrected chi connectivity index (χ1v) is 8.56. The second kappa shape index (κ2) is 5.12. The molecule has 3 heteroatoms. The van der Waals surface area contributed by atoms with Gasteiger partial charge in [-0.25, -0.2) is 0 Å². The SMILES string of the molecule is CC.CC1OC(=O)C2C3OC(C4=C3CCC(C)(C)CC4)C12. The van der Waals surface area contributed by atoms with Crippen molar-refractivity contribution in [3.8, 4) is 0 Å². The summed E-state index contributed by atoms with van der Waals surface area (Å²) in [5, 5.41) is 0. The van der Waals surface area contributed by atoms with E-state index in [0.29, 0.717) is 5.41 Å². The number of carbonyl (C=O) groups excluding carboxylic acids is 1. The predicted molar refractivity (Wildman–Crippen MR) is 81.8 cm³/mol. The molecular formula is C18H28O3. The van der Waals surface area contributed by atoms with Gasteiger partial charge in [-0.2, -0.15) is 0 Å². The quantitative estimate of drug-likeness (QED) is 0.502. The summed E-state index contributed by atoms with van der Waals surface area (Å²) in [5.41, 5.74) is 3.38. The minimum Gasteiger partial charge on any atom is -0.462 e. The van der Waals surface area contributed by atoms with Gasteiger partial charge in [0.15, 0.2) is 0 Å². The molecule has 0 N–H and O–H groups in total. The molecule has 0 saturated carbocycles. The molecule has 2 bridgehead atoms. The van der Waals surface area contributed by atoms with Crippen molar-refractivity contribution in [2.24, 2.45) is 17.3 Å². The van der Waals surface area contributed by atoms with Crippen LogP contribution >= 0.6 is 0 Å². The number of carbonyl (C=O) groups is 1. The van der Waals surface area contributed by atoms with Crippen LogP contribution in [0.2, 0.25) is 0 Å². The first-order valence-electron chi connectivity index (χ1n) is 8.56. The number of ether oxygens (including phenoxy) is 2. The van der Waals surface area contributed by atoms with Gasteiger partial charge in [0, 0.05) is 5.92 Å². The summed E-state index contributed by atoms with van der Waals surface area (Å²) in [4.78, 5) is 12.0. The van der Waals surface area contributed by atoms with Crippen molar-refractivity contribution < 1.29 is 14.3 Å². The van der Waals surface area contributed by atoms with Crippen LogP contribution in [0.15, 0.2) is 11.1 Å². The minimum absolute atomic E-state index is 0.0139. The molecule has 21 heavy (non-hydrogen) atoms. The van der Waals surface area contributed by atoms with Gasteiger partial charge in [0.2, 0.25) is 0 Å². The van der Waals surface area contributed by atoms with E-state index in [0.717, 1.165) is 12.8 Å². The van der Waals surface area contributed by atoms with Gasteiger partial charge in [0.05, 0.1) is 18.1 Å². The zero-order valence-electron chi connectivity index (χ0n) is 13.9. The topological polar surface area (TPSA) is 35.5 Å². The first kappa shape index (κ1) is 15.1. The number of esters is 1. The molecule has 2 fully saturated rings. The molecule has 0 aromatic carbocycles. The second-order valence-corrected chi connectivity index (χ2v) is 7.44. The van der Waals surface area contributed by atoms with E-state index in [1.807, 2.05) is 20.8 Å². The molecule has 2 saturated heterocycles. The van der Waals surface area contributed by atoms with Crippen LogP contribution in [0.4, 0.5) is 0 Å². The van der Waals surface area contributed by atoms with E-state index >= 15 is 0 Å². The van der Waals surface area contributed by atoms with Crippen LogP contribution in [0.25, 0.3) is 0 Å². The third kappa shape index (κ3) is 2.16. The fraction of sp³-hybridized carbons (Fsp3) is 0.833. The van der Waals surface area contributed by atoms with Gasteiger partial charge in [-0.05, 0) is 49.2 Å². The Morgan fingerprint density at radius 1 is 1.05 bits per heavy atom. The summed E-state index contributed by atoms with van der Waals surface area (Å²) in [7, 11) is 0. The van der Waals surface area contributed by atoms with Crippen molar-refractivity contribution in [3.05, 3.63) is 11.1 Å². The van der Waals surface area contributed by atoms with Crippen LogP contribution in [0.3, 0.4) is 0 Å². The summed E-state index contributed by atoms with van der Waals surface area (Å²) >= 11 is 0. The van der Waals surface area contributed by atoms with Crippen molar-refractivity contribution in [2.45, 2.75) is 78.6 Å². The van der Waals surface area contributed by atoms with Gasteiger partial charge in [0.1, 0.15) is 6.10 Å². The Balaban J connectivity index is 0.000000636. The maximum atomic E-state index is 12.0. The van der Waals surface area contributed by atoms with E-state index in [4.69, 9.17) is 9.47 Å². The van der Waals surface area contributed by atoms with E-state index in [2.05, 4.69) is 13.8 Å². The third-order valence-electron chi connectivity index (χ3n) is 5.74. The normalized spacial score (nSPS) is 42.7. The van der Waals surface area contributed by atoms with E-state index in [-0.39, 0.29) is 36.1 Å². The maximum Gasteiger partial charge on any atom is 0.312 e. The van der Waals surface area contributed by atoms with Gasteiger partial charge in [-0.3, -0.25) is 4.79 Å². The summed E-state index contributed by atoms with van der Waals surface area (Å²) < 4.78 is 11.6. The van der Waals surface area contributed by atoms with E-state index in [1.54, 1.807) is 0 Å².